The number of nitrogens with two attached hydrogens (primary N) is 1. The first-order valence-electron chi connectivity index (χ1n) is 7.89. The number of aliphatic hydroxyl groups is 1. The number of hydrogen-bond donors (Lipinski definition) is 3. The molecule has 1 amide bonds. The molecule has 0 fully saturated rings. The van der Waals surface area contributed by atoms with E-state index in [0.29, 0.717) is 41.4 Å². The maximum absolute atomic E-state index is 12.0. The van der Waals surface area contributed by atoms with Gasteiger partial charge in [0, 0.05) is 18.7 Å². The van der Waals surface area contributed by atoms with Gasteiger partial charge in [-0.15, -0.1) is 0 Å². The summed E-state index contributed by atoms with van der Waals surface area (Å²) in [6.45, 7) is 1.82. The van der Waals surface area contributed by atoms with Gasteiger partial charge in [0.1, 0.15) is 6.04 Å². The number of nitrogens with one attached hydrogen (secondary N) is 1. The predicted molar refractivity (Wildman–Crippen MR) is 90.2 cm³/mol. The number of amides is 1. The van der Waals surface area contributed by atoms with E-state index < -0.39 is 11.9 Å². The number of carbonyl (C=O) groups is 1. The van der Waals surface area contributed by atoms with Crippen molar-refractivity contribution in [2.45, 2.75) is 25.8 Å². The van der Waals surface area contributed by atoms with Gasteiger partial charge in [-0.1, -0.05) is 12.1 Å². The van der Waals surface area contributed by atoms with Crippen LogP contribution in [0.25, 0.3) is 0 Å². The molecule has 128 valence electrons. The number of nitrogens with zero attached hydrogens (tertiary/aromatic N) is 4. The van der Waals surface area contributed by atoms with Crippen LogP contribution in [0, 0.1) is 11.3 Å². The summed E-state index contributed by atoms with van der Waals surface area (Å²) in [6, 6.07) is 8.50. The highest BCUT2D eigenvalue weighted by molar-refractivity contribution is 5.95. The molecular weight excluding hydrogens is 320 g/mol. The number of rotatable bonds is 5. The summed E-state index contributed by atoms with van der Waals surface area (Å²) in [4.78, 5) is 16.5. The fraction of sp³-hybridized carbons (Fsp3) is 0.294. The summed E-state index contributed by atoms with van der Waals surface area (Å²) in [7, 11) is 0. The van der Waals surface area contributed by atoms with Gasteiger partial charge < -0.3 is 16.2 Å². The first kappa shape index (κ1) is 16.7. The van der Waals surface area contributed by atoms with E-state index in [2.05, 4.69) is 21.5 Å². The number of fused-ring (bicyclic) bond motifs is 1. The Morgan fingerprint density at radius 2 is 2.16 bits per heavy atom. The summed E-state index contributed by atoms with van der Waals surface area (Å²) < 4.78 is 1.63. The molecule has 0 radical (unpaired) electrons. The molecule has 1 aromatic heterocycles. The predicted octanol–water partition coefficient (Wildman–Crippen LogP) is 0.849. The van der Waals surface area contributed by atoms with Gasteiger partial charge in [-0.2, -0.15) is 15.3 Å². The fourth-order valence-electron chi connectivity index (χ4n) is 2.91. The van der Waals surface area contributed by atoms with Crippen molar-refractivity contribution < 1.29 is 9.90 Å². The molecule has 0 unspecified atom stereocenters. The van der Waals surface area contributed by atoms with Gasteiger partial charge in [-0.3, -0.25) is 4.79 Å². The van der Waals surface area contributed by atoms with Gasteiger partial charge in [0.15, 0.2) is 5.82 Å². The Labute approximate surface area is 144 Å². The molecule has 0 aliphatic carbocycles. The van der Waals surface area contributed by atoms with Crippen LogP contribution < -0.4 is 11.1 Å². The van der Waals surface area contributed by atoms with Crippen molar-refractivity contribution in [1.29, 1.82) is 5.26 Å². The second-order valence-electron chi connectivity index (χ2n) is 5.79. The summed E-state index contributed by atoms with van der Waals surface area (Å²) >= 11 is 0. The first-order chi connectivity index (χ1) is 12.0. The van der Waals surface area contributed by atoms with Gasteiger partial charge in [0.05, 0.1) is 17.2 Å². The highest BCUT2D eigenvalue weighted by Gasteiger charge is 2.33. The Morgan fingerprint density at radius 1 is 1.44 bits per heavy atom. The average molecular weight is 338 g/mol. The van der Waals surface area contributed by atoms with Gasteiger partial charge in [-0.25, -0.2) is 4.68 Å². The number of benzene rings is 1. The molecule has 2 heterocycles. The number of nitriles is 1. The molecule has 4 N–H and O–H groups in total. The Morgan fingerprint density at radius 3 is 2.76 bits per heavy atom. The third kappa shape index (κ3) is 3.09. The van der Waals surface area contributed by atoms with Crippen molar-refractivity contribution >= 4 is 11.9 Å². The van der Waals surface area contributed by atoms with Crippen LogP contribution in [0.1, 0.15) is 36.3 Å². The molecule has 1 aliphatic heterocycles. The van der Waals surface area contributed by atoms with E-state index in [1.165, 1.54) is 0 Å². The Balaban J connectivity index is 2.09. The lowest BCUT2D eigenvalue weighted by Gasteiger charge is -2.27. The van der Waals surface area contributed by atoms with E-state index in [0.717, 1.165) is 5.56 Å². The van der Waals surface area contributed by atoms with E-state index in [4.69, 9.17) is 16.1 Å². The summed E-state index contributed by atoms with van der Waals surface area (Å²) in [5.74, 6) is 0.552. The molecule has 1 aliphatic rings. The van der Waals surface area contributed by atoms with Crippen LogP contribution in [-0.4, -0.2) is 32.4 Å². The maximum atomic E-state index is 12.0. The van der Waals surface area contributed by atoms with E-state index in [1.54, 1.807) is 35.9 Å². The van der Waals surface area contributed by atoms with Crippen molar-refractivity contribution in [3.05, 3.63) is 52.5 Å². The topological polar surface area (TPSA) is 130 Å². The summed E-state index contributed by atoms with van der Waals surface area (Å²) in [6.07, 6.45) is 1.09. The average Bonchev–Trinajstić information content (AvgIpc) is 3.00. The minimum Gasteiger partial charge on any atom is -0.396 e. The molecule has 0 saturated carbocycles. The lowest BCUT2D eigenvalue weighted by molar-refractivity contribution is -0.115. The molecule has 0 saturated heterocycles. The van der Waals surface area contributed by atoms with Crippen LogP contribution in [-0.2, 0) is 11.2 Å². The number of aromatic nitrogens is 3. The number of aryl methyl sites for hydroxylation is 1. The van der Waals surface area contributed by atoms with Crippen molar-refractivity contribution in [1.82, 2.24) is 14.8 Å². The van der Waals surface area contributed by atoms with Crippen LogP contribution in [0.4, 0.5) is 5.95 Å². The molecular formula is C17H18N6O2. The van der Waals surface area contributed by atoms with Crippen LogP contribution in [0.5, 0.6) is 0 Å². The van der Waals surface area contributed by atoms with Gasteiger partial charge >= 0.3 is 0 Å². The van der Waals surface area contributed by atoms with Crippen molar-refractivity contribution in [3.8, 4) is 6.07 Å². The number of anilines is 1. The van der Waals surface area contributed by atoms with Crippen LogP contribution in [0.15, 0.2) is 35.5 Å². The highest BCUT2D eigenvalue weighted by Crippen LogP contribution is 2.34. The van der Waals surface area contributed by atoms with Crippen LogP contribution in [0.2, 0.25) is 0 Å². The SMILES string of the molecule is CC1=C(C(N)=O)[C@H](c2ccc(C#N)cc2)n2nc(CCCO)nc2N1. The van der Waals surface area contributed by atoms with E-state index in [1.807, 2.05) is 0 Å². The minimum atomic E-state index is -0.544. The number of primary amides is 1. The van der Waals surface area contributed by atoms with E-state index in [-0.39, 0.29) is 6.61 Å². The lowest BCUT2D eigenvalue weighted by Crippen LogP contribution is -2.31. The maximum Gasteiger partial charge on any atom is 0.248 e. The molecule has 1 atom stereocenters. The normalized spacial score (nSPS) is 16.1. The molecule has 2 aromatic rings. The Hall–Kier alpha value is -3.18. The zero-order valence-corrected chi connectivity index (χ0v) is 13.7. The van der Waals surface area contributed by atoms with Crippen molar-refractivity contribution in [3.63, 3.8) is 0 Å². The quantitative estimate of drug-likeness (QED) is 0.741. The largest absolute Gasteiger partial charge is 0.396 e. The lowest BCUT2D eigenvalue weighted by atomic mass is 9.95. The van der Waals surface area contributed by atoms with Crippen molar-refractivity contribution in [2.24, 2.45) is 5.73 Å². The minimum absolute atomic E-state index is 0.0557. The highest BCUT2D eigenvalue weighted by atomic mass is 16.3. The smallest absolute Gasteiger partial charge is 0.248 e. The second kappa shape index (κ2) is 6.75. The zero-order valence-electron chi connectivity index (χ0n) is 13.7. The summed E-state index contributed by atoms with van der Waals surface area (Å²) in [5, 5.41) is 25.5. The Kier molecular flexibility index (Phi) is 4.50. The fourth-order valence-corrected chi connectivity index (χ4v) is 2.91. The molecule has 8 nitrogen and oxygen atoms in total. The standard InChI is InChI=1S/C17H18N6O2/c1-10-14(16(19)25)15(12-6-4-11(9-18)5-7-12)23-17(20-10)21-13(22-23)3-2-8-24/h4-7,15,24H,2-3,8H2,1H3,(H2,19,25)(H,20,21,22)/t15-/m0/s1. The van der Waals surface area contributed by atoms with Gasteiger partial charge in [0.2, 0.25) is 11.9 Å². The number of allylic oxidation sites excluding steroid dienone is 1. The molecule has 25 heavy (non-hydrogen) atoms. The molecule has 3 rings (SSSR count). The Bertz CT molecular complexity index is 876. The monoisotopic (exact) mass is 338 g/mol. The van der Waals surface area contributed by atoms with Gasteiger partial charge in [-0.05, 0) is 31.0 Å². The molecule has 0 bridgehead atoms. The first-order valence-corrected chi connectivity index (χ1v) is 7.89. The van der Waals surface area contributed by atoms with Crippen LogP contribution >= 0.6 is 0 Å². The van der Waals surface area contributed by atoms with E-state index in [9.17, 15) is 4.79 Å². The molecule has 1 aromatic carbocycles. The zero-order chi connectivity index (χ0) is 18.0. The second-order valence-corrected chi connectivity index (χ2v) is 5.79. The number of hydrogen-bond acceptors (Lipinski definition) is 6. The van der Waals surface area contributed by atoms with Gasteiger partial charge in [0.25, 0.3) is 0 Å². The van der Waals surface area contributed by atoms with Crippen molar-refractivity contribution in [2.75, 3.05) is 11.9 Å². The molecule has 0 spiro atoms. The number of aliphatic hydroxyl groups excluding tert-OH is 1. The van der Waals surface area contributed by atoms with Crippen LogP contribution in [0.3, 0.4) is 0 Å². The third-order valence-electron chi connectivity index (χ3n) is 4.08. The summed E-state index contributed by atoms with van der Waals surface area (Å²) in [5.41, 5.74) is 7.94. The molecule has 8 heteroatoms. The van der Waals surface area contributed by atoms with E-state index >= 15 is 0 Å². The number of carbonyl (C=O) groups excluding carboxylic acids is 1. The third-order valence-corrected chi connectivity index (χ3v) is 4.08.